The van der Waals surface area contributed by atoms with E-state index in [0.29, 0.717) is 5.69 Å². The standard InChI is InChI=1S/C19H14ClF2N3O4/c20-12-3-1-2-4-16(12)25-17(26)8-15(24-25)19(29)23-14(9-18(27)28)11-7-10(21)5-6-13(11)22/h1-8,14,24H,9H2,(H,23,29)(H,27,28). The summed E-state index contributed by atoms with van der Waals surface area (Å²) in [6, 6.07) is 8.56. The molecule has 29 heavy (non-hydrogen) atoms. The van der Waals surface area contributed by atoms with Gasteiger partial charge in [-0.15, -0.1) is 0 Å². The van der Waals surface area contributed by atoms with Crippen molar-refractivity contribution in [3.8, 4) is 5.69 Å². The highest BCUT2D eigenvalue weighted by Gasteiger charge is 2.24. The van der Waals surface area contributed by atoms with Gasteiger partial charge in [0.2, 0.25) is 0 Å². The Morgan fingerprint density at radius 1 is 1.17 bits per heavy atom. The van der Waals surface area contributed by atoms with Gasteiger partial charge < -0.3 is 10.4 Å². The molecule has 0 radical (unpaired) electrons. The molecule has 3 N–H and O–H groups in total. The smallest absolute Gasteiger partial charge is 0.305 e. The van der Waals surface area contributed by atoms with Crippen LogP contribution in [0.25, 0.3) is 5.69 Å². The number of carboxylic acids is 1. The number of halogens is 3. The van der Waals surface area contributed by atoms with Crippen molar-refractivity contribution in [1.29, 1.82) is 0 Å². The van der Waals surface area contributed by atoms with Gasteiger partial charge in [0.25, 0.3) is 11.5 Å². The van der Waals surface area contributed by atoms with Crippen molar-refractivity contribution in [2.75, 3.05) is 0 Å². The van der Waals surface area contributed by atoms with Gasteiger partial charge in [-0.2, -0.15) is 0 Å². The fourth-order valence-corrected chi connectivity index (χ4v) is 2.98. The molecule has 0 saturated carbocycles. The number of para-hydroxylation sites is 1. The molecule has 1 amide bonds. The minimum absolute atomic E-state index is 0.206. The molecular formula is C19H14ClF2N3O4. The first kappa shape index (κ1) is 20.3. The Hall–Kier alpha value is -3.46. The lowest BCUT2D eigenvalue weighted by Gasteiger charge is -2.17. The van der Waals surface area contributed by atoms with E-state index < -0.39 is 41.5 Å². The van der Waals surface area contributed by atoms with Gasteiger partial charge in [0.15, 0.2) is 0 Å². The van der Waals surface area contributed by atoms with Crippen LogP contribution in [0.3, 0.4) is 0 Å². The maximum atomic E-state index is 14.1. The Kier molecular flexibility index (Phi) is 5.79. The first-order valence-corrected chi connectivity index (χ1v) is 8.68. The summed E-state index contributed by atoms with van der Waals surface area (Å²) in [7, 11) is 0. The number of H-pyrrole nitrogens is 1. The van der Waals surface area contributed by atoms with E-state index in [2.05, 4.69) is 10.4 Å². The second-order valence-electron chi connectivity index (χ2n) is 6.08. The molecule has 1 heterocycles. The number of hydrogen-bond donors (Lipinski definition) is 3. The zero-order valence-electron chi connectivity index (χ0n) is 14.7. The van der Waals surface area contributed by atoms with Crippen molar-refractivity contribution in [2.45, 2.75) is 12.5 Å². The number of hydrogen-bond acceptors (Lipinski definition) is 3. The van der Waals surface area contributed by atoms with Gasteiger partial charge in [-0.25, -0.2) is 13.5 Å². The molecule has 0 spiro atoms. The number of aromatic nitrogens is 2. The molecule has 0 saturated heterocycles. The Bertz CT molecular complexity index is 1140. The molecule has 0 fully saturated rings. The monoisotopic (exact) mass is 421 g/mol. The summed E-state index contributed by atoms with van der Waals surface area (Å²) in [6.07, 6.45) is -0.693. The van der Waals surface area contributed by atoms with Crippen LogP contribution in [0, 0.1) is 11.6 Å². The summed E-state index contributed by atoms with van der Waals surface area (Å²) in [5.74, 6) is -3.87. The van der Waals surface area contributed by atoms with E-state index in [0.717, 1.165) is 28.9 Å². The predicted octanol–water partition coefficient (Wildman–Crippen LogP) is 3.04. The lowest BCUT2D eigenvalue weighted by Crippen LogP contribution is -2.31. The van der Waals surface area contributed by atoms with Crippen molar-refractivity contribution in [1.82, 2.24) is 15.1 Å². The topological polar surface area (TPSA) is 104 Å². The van der Waals surface area contributed by atoms with E-state index in [9.17, 15) is 23.2 Å². The lowest BCUT2D eigenvalue weighted by molar-refractivity contribution is -0.137. The van der Waals surface area contributed by atoms with E-state index in [4.69, 9.17) is 16.7 Å². The van der Waals surface area contributed by atoms with Gasteiger partial charge in [-0.1, -0.05) is 23.7 Å². The van der Waals surface area contributed by atoms with Crippen LogP contribution >= 0.6 is 11.6 Å². The van der Waals surface area contributed by atoms with Crippen LogP contribution in [0.5, 0.6) is 0 Å². The molecule has 0 aliphatic rings. The summed E-state index contributed by atoms with van der Waals surface area (Å²) < 4.78 is 28.6. The average Bonchev–Trinajstić information content (AvgIpc) is 3.05. The summed E-state index contributed by atoms with van der Waals surface area (Å²) in [4.78, 5) is 35.9. The maximum absolute atomic E-state index is 14.1. The number of carbonyl (C=O) groups excluding carboxylic acids is 1. The first-order chi connectivity index (χ1) is 13.8. The van der Waals surface area contributed by atoms with Crippen LogP contribution < -0.4 is 10.9 Å². The molecule has 3 aromatic rings. The second kappa shape index (κ2) is 8.27. The highest BCUT2D eigenvalue weighted by Crippen LogP contribution is 2.22. The molecule has 0 bridgehead atoms. The first-order valence-electron chi connectivity index (χ1n) is 8.31. The minimum Gasteiger partial charge on any atom is -0.481 e. The fourth-order valence-electron chi connectivity index (χ4n) is 2.76. The molecular weight excluding hydrogens is 408 g/mol. The Labute approximate surface area is 167 Å². The second-order valence-corrected chi connectivity index (χ2v) is 6.49. The van der Waals surface area contributed by atoms with Crippen molar-refractivity contribution in [3.05, 3.63) is 86.8 Å². The summed E-state index contributed by atoms with van der Waals surface area (Å²) in [5.41, 5.74) is -0.817. The fraction of sp³-hybridized carbons (Fsp3) is 0.105. The van der Waals surface area contributed by atoms with Gasteiger partial charge in [0.05, 0.1) is 23.2 Å². The average molecular weight is 422 g/mol. The largest absolute Gasteiger partial charge is 0.481 e. The van der Waals surface area contributed by atoms with Gasteiger partial charge >= 0.3 is 5.97 Å². The molecule has 3 rings (SSSR count). The predicted molar refractivity (Wildman–Crippen MR) is 100 cm³/mol. The SMILES string of the molecule is O=C(O)CC(NC(=O)c1cc(=O)n(-c2ccccc2Cl)[nH]1)c1cc(F)ccc1F. The number of carboxylic acid groups (broad SMARTS) is 1. The van der Waals surface area contributed by atoms with Crippen molar-refractivity contribution in [3.63, 3.8) is 0 Å². The number of amides is 1. The van der Waals surface area contributed by atoms with Crippen molar-refractivity contribution < 1.29 is 23.5 Å². The van der Waals surface area contributed by atoms with E-state index in [-0.39, 0.29) is 16.3 Å². The number of aliphatic carboxylic acids is 1. The lowest BCUT2D eigenvalue weighted by atomic mass is 10.0. The minimum atomic E-state index is -1.36. The quantitative estimate of drug-likeness (QED) is 0.569. The van der Waals surface area contributed by atoms with E-state index in [1.165, 1.54) is 0 Å². The third kappa shape index (κ3) is 4.52. The van der Waals surface area contributed by atoms with Gasteiger partial charge in [-0.3, -0.25) is 19.5 Å². The van der Waals surface area contributed by atoms with Crippen LogP contribution in [0.2, 0.25) is 5.02 Å². The number of carbonyl (C=O) groups is 2. The van der Waals surface area contributed by atoms with E-state index in [1.54, 1.807) is 24.3 Å². The molecule has 0 aliphatic heterocycles. The van der Waals surface area contributed by atoms with E-state index in [1.807, 2.05) is 0 Å². The van der Waals surface area contributed by atoms with Crippen molar-refractivity contribution in [2.24, 2.45) is 0 Å². The molecule has 1 atom stereocenters. The highest BCUT2D eigenvalue weighted by atomic mass is 35.5. The number of aromatic amines is 1. The zero-order valence-corrected chi connectivity index (χ0v) is 15.4. The van der Waals surface area contributed by atoms with Crippen LogP contribution in [0.15, 0.2) is 53.3 Å². The van der Waals surface area contributed by atoms with Crippen LogP contribution in [-0.4, -0.2) is 26.8 Å². The third-order valence-corrected chi connectivity index (χ3v) is 4.40. The van der Waals surface area contributed by atoms with Crippen LogP contribution in [0.4, 0.5) is 8.78 Å². The number of nitrogens with one attached hydrogen (secondary N) is 2. The van der Waals surface area contributed by atoms with Gasteiger partial charge in [0, 0.05) is 11.6 Å². The Morgan fingerprint density at radius 3 is 2.59 bits per heavy atom. The third-order valence-electron chi connectivity index (χ3n) is 4.08. The molecule has 2 aromatic carbocycles. The van der Waals surface area contributed by atoms with Crippen LogP contribution in [-0.2, 0) is 4.79 Å². The number of nitrogens with zero attached hydrogens (tertiary/aromatic N) is 1. The maximum Gasteiger partial charge on any atom is 0.305 e. The molecule has 0 aliphatic carbocycles. The number of rotatable bonds is 6. The Morgan fingerprint density at radius 2 is 1.90 bits per heavy atom. The summed E-state index contributed by atoms with van der Waals surface area (Å²) in [5, 5.41) is 14.2. The highest BCUT2D eigenvalue weighted by molar-refractivity contribution is 6.32. The zero-order chi connectivity index (χ0) is 21.1. The number of benzene rings is 2. The van der Waals surface area contributed by atoms with Gasteiger partial charge in [0.1, 0.15) is 17.3 Å². The molecule has 10 heteroatoms. The van der Waals surface area contributed by atoms with Crippen molar-refractivity contribution >= 4 is 23.5 Å². The Balaban J connectivity index is 1.92. The molecule has 7 nitrogen and oxygen atoms in total. The van der Waals surface area contributed by atoms with E-state index >= 15 is 0 Å². The molecule has 1 aromatic heterocycles. The van der Waals surface area contributed by atoms with Gasteiger partial charge in [-0.05, 0) is 30.3 Å². The van der Waals surface area contributed by atoms with Crippen LogP contribution in [0.1, 0.15) is 28.5 Å². The summed E-state index contributed by atoms with van der Waals surface area (Å²) in [6.45, 7) is 0. The molecule has 150 valence electrons. The normalized spacial score (nSPS) is 11.8. The molecule has 1 unspecified atom stereocenters. The summed E-state index contributed by atoms with van der Waals surface area (Å²) >= 11 is 6.05.